The Labute approximate surface area is 360 Å². The Kier molecular flexibility index (Phi) is 14.9. The van der Waals surface area contributed by atoms with Crippen molar-refractivity contribution in [2.24, 2.45) is 0 Å². The zero-order valence-electron chi connectivity index (χ0n) is 34.8. The van der Waals surface area contributed by atoms with Gasteiger partial charge in [0.1, 0.15) is 37.4 Å². The highest BCUT2D eigenvalue weighted by Gasteiger charge is 2.39. The van der Waals surface area contributed by atoms with Gasteiger partial charge in [0, 0.05) is 32.9 Å². The number of fused-ring (bicyclic) bond motifs is 3. The number of carboxylic acids is 1. The fourth-order valence-electron chi connectivity index (χ4n) is 7.58. The Bertz CT molecular complexity index is 2310. The molecule has 5 aromatic carbocycles. The molecule has 3 N–H and O–H groups in total. The summed E-state index contributed by atoms with van der Waals surface area (Å²) in [6.07, 6.45) is -1.51. The van der Waals surface area contributed by atoms with E-state index in [1.54, 1.807) is 84.9 Å². The van der Waals surface area contributed by atoms with Gasteiger partial charge in [-0.2, -0.15) is 0 Å². The molecular weight excluding hydrogens is 789 g/mol. The van der Waals surface area contributed by atoms with Crippen LogP contribution in [0.4, 0.5) is 4.79 Å². The summed E-state index contributed by atoms with van der Waals surface area (Å²) in [6, 6.07) is 37.3. The summed E-state index contributed by atoms with van der Waals surface area (Å²) in [5.74, 6) is -4.45. The van der Waals surface area contributed by atoms with E-state index in [0.717, 1.165) is 27.2 Å². The number of aliphatic carboxylic acids is 1. The third-order valence-corrected chi connectivity index (χ3v) is 11.0. The molecule has 1 aliphatic rings. The van der Waals surface area contributed by atoms with Crippen LogP contribution in [-0.2, 0) is 52.9 Å². The Morgan fingerprint density at radius 1 is 0.597 bits per heavy atom. The van der Waals surface area contributed by atoms with E-state index in [0.29, 0.717) is 16.7 Å². The van der Waals surface area contributed by atoms with Gasteiger partial charge in [-0.1, -0.05) is 140 Å². The molecule has 13 heteroatoms. The molecule has 5 aromatic rings. The number of carboxylic acid groups (broad SMARTS) is 1. The summed E-state index contributed by atoms with van der Waals surface area (Å²) in [5, 5.41) is 14.6. The smallest absolute Gasteiger partial charge is 0.407 e. The van der Waals surface area contributed by atoms with E-state index in [4.69, 9.17) is 9.47 Å². The molecule has 0 spiro atoms. The summed E-state index contributed by atoms with van der Waals surface area (Å²) in [5.41, 5.74) is 6.15. The lowest BCUT2D eigenvalue weighted by Crippen LogP contribution is -2.59. The summed E-state index contributed by atoms with van der Waals surface area (Å²) >= 11 is 0. The number of carbonyl (C=O) groups excluding carboxylic acids is 5. The molecule has 4 amide bonds. The van der Waals surface area contributed by atoms with Crippen LogP contribution < -0.4 is 10.6 Å². The van der Waals surface area contributed by atoms with Crippen LogP contribution in [-0.4, -0.2) is 95.5 Å². The minimum atomic E-state index is -1.53. The molecule has 0 heterocycles. The fraction of sp³-hybridized carbons (Fsp3) is 0.265. The van der Waals surface area contributed by atoms with Gasteiger partial charge in [-0.05, 0) is 45.9 Å². The topological polar surface area (TPSA) is 172 Å². The molecule has 0 bridgehead atoms. The van der Waals surface area contributed by atoms with Crippen molar-refractivity contribution in [3.63, 3.8) is 0 Å². The predicted octanol–water partition coefficient (Wildman–Crippen LogP) is 5.76. The van der Waals surface area contributed by atoms with Crippen LogP contribution in [0.3, 0.4) is 0 Å². The van der Waals surface area contributed by atoms with Crippen molar-refractivity contribution in [2.75, 3.05) is 20.7 Å². The minimum absolute atomic E-state index is 0.00637. The van der Waals surface area contributed by atoms with Gasteiger partial charge in [0.15, 0.2) is 0 Å². The van der Waals surface area contributed by atoms with Crippen molar-refractivity contribution < 1.29 is 43.3 Å². The highest BCUT2D eigenvalue weighted by molar-refractivity contribution is 5.96. The van der Waals surface area contributed by atoms with Gasteiger partial charge in [-0.3, -0.25) is 24.0 Å². The Hall–Kier alpha value is -7.28. The third kappa shape index (κ3) is 11.1. The first-order valence-corrected chi connectivity index (χ1v) is 20.4. The number of alkyl carbamates (subject to hydrolysis) is 1. The molecular formula is C49H50N4O9. The molecule has 0 saturated heterocycles. The molecule has 0 unspecified atom stereocenters. The quantitative estimate of drug-likeness (QED) is 0.0930. The van der Waals surface area contributed by atoms with Crippen molar-refractivity contribution in [3.05, 3.63) is 167 Å². The maximum absolute atomic E-state index is 14.8. The van der Waals surface area contributed by atoms with Crippen LogP contribution in [0.2, 0.25) is 0 Å². The van der Waals surface area contributed by atoms with Gasteiger partial charge in [-0.25, -0.2) is 4.79 Å². The second-order valence-electron chi connectivity index (χ2n) is 15.3. The molecule has 320 valence electrons. The summed E-state index contributed by atoms with van der Waals surface area (Å²) in [6.45, 7) is 1.19. The van der Waals surface area contributed by atoms with E-state index in [1.807, 2.05) is 54.6 Å². The van der Waals surface area contributed by atoms with Crippen LogP contribution in [0.5, 0.6) is 0 Å². The molecule has 4 atom stereocenters. The number of hydrogen-bond acceptors (Lipinski definition) is 8. The Morgan fingerprint density at radius 2 is 1.06 bits per heavy atom. The summed E-state index contributed by atoms with van der Waals surface area (Å²) < 4.78 is 11.3. The maximum Gasteiger partial charge on any atom is 0.407 e. The summed E-state index contributed by atoms with van der Waals surface area (Å²) in [7, 11) is 2.81. The van der Waals surface area contributed by atoms with E-state index in [2.05, 4.69) is 10.6 Å². The number of hydrogen-bond donors (Lipinski definition) is 3. The monoisotopic (exact) mass is 838 g/mol. The predicted molar refractivity (Wildman–Crippen MR) is 231 cm³/mol. The highest BCUT2D eigenvalue weighted by atomic mass is 16.5. The average molecular weight is 839 g/mol. The number of benzene rings is 5. The van der Waals surface area contributed by atoms with Crippen LogP contribution >= 0.6 is 0 Å². The number of likely N-dealkylation sites (N-methyl/N-ethyl adjacent to an activating group) is 2. The second kappa shape index (κ2) is 20.8. The molecule has 6 rings (SSSR count). The fourth-order valence-corrected chi connectivity index (χ4v) is 7.58. The molecule has 1 aliphatic carbocycles. The van der Waals surface area contributed by atoms with E-state index < -0.39 is 66.3 Å². The van der Waals surface area contributed by atoms with Crippen molar-refractivity contribution in [2.45, 2.75) is 62.9 Å². The molecule has 0 radical (unpaired) electrons. The highest BCUT2D eigenvalue weighted by Crippen LogP contribution is 2.44. The third-order valence-electron chi connectivity index (χ3n) is 11.0. The number of esters is 1. The van der Waals surface area contributed by atoms with Crippen LogP contribution in [0.25, 0.3) is 11.1 Å². The average Bonchev–Trinajstić information content (AvgIpc) is 3.61. The SMILES string of the molecule is C[C@H](NC(=O)[C@H](Cc1ccccc1)N(C)C(=O)[C@H](Cc1ccccc1)N(C)C(=O)[C@H](CC(=O)OCc1ccccc1)NC(=O)OCC1c2ccccc2-c2ccccc21)C(=O)O. The van der Waals surface area contributed by atoms with E-state index in [1.165, 1.54) is 25.9 Å². The standard InChI is InChI=1S/C49H50N4O9/c1-32(48(58)59)50-45(55)42(27-33-17-7-4-8-18-33)52(2)47(57)43(28-34-19-9-5-10-20-34)53(3)46(56)41(29-44(54)61-30-35-21-11-6-12-22-35)51-49(60)62-31-40-38-25-15-13-23-36(38)37-24-14-16-26-39(37)40/h4-26,32,40-43H,27-31H2,1-3H3,(H,50,55)(H,51,60)(H,58,59)/t32-,41-,42-,43-/m0/s1. The molecule has 0 aliphatic heterocycles. The van der Waals surface area contributed by atoms with Crippen LogP contribution in [0, 0.1) is 0 Å². The van der Waals surface area contributed by atoms with Crippen LogP contribution in [0.15, 0.2) is 140 Å². The van der Waals surface area contributed by atoms with Gasteiger partial charge in [0.2, 0.25) is 17.7 Å². The molecule has 0 aromatic heterocycles. The van der Waals surface area contributed by atoms with Gasteiger partial charge in [-0.15, -0.1) is 0 Å². The zero-order valence-corrected chi connectivity index (χ0v) is 34.8. The first-order valence-electron chi connectivity index (χ1n) is 20.4. The normalized spacial score (nSPS) is 13.5. The first-order chi connectivity index (χ1) is 29.9. The van der Waals surface area contributed by atoms with Crippen molar-refractivity contribution in [1.29, 1.82) is 0 Å². The van der Waals surface area contributed by atoms with E-state index >= 15 is 0 Å². The molecule has 0 fully saturated rings. The Balaban J connectivity index is 1.26. The lowest BCUT2D eigenvalue weighted by Gasteiger charge is -2.36. The van der Waals surface area contributed by atoms with Crippen molar-refractivity contribution in [1.82, 2.24) is 20.4 Å². The number of rotatable bonds is 18. The number of ether oxygens (including phenoxy) is 2. The zero-order chi connectivity index (χ0) is 44.2. The first kappa shape index (κ1) is 44.3. The number of carbonyl (C=O) groups is 6. The van der Waals surface area contributed by atoms with E-state index in [9.17, 15) is 33.9 Å². The minimum Gasteiger partial charge on any atom is -0.480 e. The Morgan fingerprint density at radius 3 is 1.60 bits per heavy atom. The van der Waals surface area contributed by atoms with Gasteiger partial charge < -0.3 is 35.0 Å². The van der Waals surface area contributed by atoms with Gasteiger partial charge >= 0.3 is 18.0 Å². The molecule has 13 nitrogen and oxygen atoms in total. The second-order valence-corrected chi connectivity index (χ2v) is 15.3. The summed E-state index contributed by atoms with van der Waals surface area (Å²) in [4.78, 5) is 84.3. The van der Waals surface area contributed by atoms with E-state index in [-0.39, 0.29) is 32.0 Å². The lowest BCUT2D eigenvalue weighted by atomic mass is 9.98. The lowest BCUT2D eigenvalue weighted by molar-refractivity contribution is -0.151. The number of nitrogens with zero attached hydrogens (tertiary/aromatic N) is 2. The molecule has 0 saturated carbocycles. The van der Waals surface area contributed by atoms with Crippen molar-refractivity contribution in [3.8, 4) is 11.1 Å². The number of nitrogens with one attached hydrogen (secondary N) is 2. The maximum atomic E-state index is 14.8. The largest absolute Gasteiger partial charge is 0.480 e. The van der Waals surface area contributed by atoms with Crippen LogP contribution in [0.1, 0.15) is 47.1 Å². The van der Waals surface area contributed by atoms with Crippen molar-refractivity contribution >= 4 is 35.8 Å². The van der Waals surface area contributed by atoms with Gasteiger partial charge in [0.25, 0.3) is 0 Å². The molecule has 62 heavy (non-hydrogen) atoms. The van der Waals surface area contributed by atoms with Gasteiger partial charge in [0.05, 0.1) is 6.42 Å². The number of amides is 4.